The van der Waals surface area contributed by atoms with E-state index >= 15 is 0 Å². The number of benzene rings is 1. The van der Waals surface area contributed by atoms with Gasteiger partial charge in [-0.3, -0.25) is 0 Å². The second-order valence-electron chi connectivity index (χ2n) is 4.59. The van der Waals surface area contributed by atoms with Gasteiger partial charge in [0.1, 0.15) is 12.4 Å². The number of anilines is 1. The molecule has 3 nitrogen and oxygen atoms in total. The Morgan fingerprint density at radius 1 is 1.26 bits per heavy atom. The van der Waals surface area contributed by atoms with Gasteiger partial charge in [-0.1, -0.05) is 0 Å². The molecule has 0 aliphatic carbocycles. The fraction of sp³-hybridized carbons (Fsp3) is 0.538. The predicted octanol–water partition coefficient (Wildman–Crippen LogP) is 3.24. The average Bonchev–Trinajstić information content (AvgIpc) is 2.36. The third-order valence-corrected chi connectivity index (χ3v) is 2.97. The quantitative estimate of drug-likeness (QED) is 0.861. The zero-order valence-corrected chi connectivity index (χ0v) is 10.4. The van der Waals surface area contributed by atoms with Crippen LogP contribution in [0.4, 0.5) is 18.9 Å². The molecule has 0 bridgehead atoms. The van der Waals surface area contributed by atoms with Gasteiger partial charge in [0.05, 0.1) is 11.7 Å². The van der Waals surface area contributed by atoms with Gasteiger partial charge in [-0.2, -0.15) is 13.2 Å². The standard InChI is InChI=1S/C13H16F3NO2/c14-13(15,16)9-5-10(17)7-12(6-9)19-8-11-3-1-2-4-18-11/h5-7,11H,1-4,8,17H2. The summed E-state index contributed by atoms with van der Waals surface area (Å²) in [5.74, 6) is 0.126. The van der Waals surface area contributed by atoms with E-state index in [4.69, 9.17) is 15.2 Å². The maximum absolute atomic E-state index is 12.6. The summed E-state index contributed by atoms with van der Waals surface area (Å²) in [6.45, 7) is 0.930. The molecule has 1 aliphatic rings. The van der Waals surface area contributed by atoms with E-state index < -0.39 is 11.7 Å². The maximum atomic E-state index is 12.6. The number of hydrogen-bond donors (Lipinski definition) is 1. The minimum absolute atomic E-state index is 0.0365. The number of nitrogens with two attached hydrogens (primary N) is 1. The molecule has 106 valence electrons. The Labute approximate surface area is 109 Å². The zero-order valence-electron chi connectivity index (χ0n) is 10.4. The Morgan fingerprint density at radius 3 is 2.68 bits per heavy atom. The van der Waals surface area contributed by atoms with Crippen molar-refractivity contribution >= 4 is 5.69 Å². The van der Waals surface area contributed by atoms with Crippen molar-refractivity contribution in [1.29, 1.82) is 0 Å². The first-order valence-corrected chi connectivity index (χ1v) is 6.17. The van der Waals surface area contributed by atoms with Gasteiger partial charge in [0.2, 0.25) is 0 Å². The van der Waals surface area contributed by atoms with Crippen molar-refractivity contribution in [3.63, 3.8) is 0 Å². The van der Waals surface area contributed by atoms with Crippen LogP contribution in [0.5, 0.6) is 5.75 Å². The van der Waals surface area contributed by atoms with Crippen LogP contribution in [0.2, 0.25) is 0 Å². The minimum Gasteiger partial charge on any atom is -0.491 e. The summed E-state index contributed by atoms with van der Waals surface area (Å²) in [7, 11) is 0. The predicted molar refractivity (Wildman–Crippen MR) is 64.9 cm³/mol. The van der Waals surface area contributed by atoms with Gasteiger partial charge in [-0.15, -0.1) is 0 Å². The molecule has 1 unspecified atom stereocenters. The molecule has 6 heteroatoms. The Hall–Kier alpha value is -1.43. The van der Waals surface area contributed by atoms with Gasteiger partial charge in [-0.25, -0.2) is 0 Å². The highest BCUT2D eigenvalue weighted by Gasteiger charge is 2.31. The van der Waals surface area contributed by atoms with Gasteiger partial charge in [0.25, 0.3) is 0 Å². The van der Waals surface area contributed by atoms with Gasteiger partial charge in [-0.05, 0) is 31.4 Å². The highest BCUT2D eigenvalue weighted by Crippen LogP contribution is 2.33. The molecule has 1 saturated heterocycles. The van der Waals surface area contributed by atoms with Crippen LogP contribution < -0.4 is 10.5 Å². The van der Waals surface area contributed by atoms with Crippen molar-refractivity contribution in [2.75, 3.05) is 18.9 Å². The third kappa shape index (κ3) is 4.02. The van der Waals surface area contributed by atoms with Gasteiger partial charge < -0.3 is 15.2 Å². The topological polar surface area (TPSA) is 44.5 Å². The van der Waals surface area contributed by atoms with Gasteiger partial charge in [0.15, 0.2) is 0 Å². The van der Waals surface area contributed by atoms with E-state index in [0.29, 0.717) is 6.61 Å². The SMILES string of the molecule is Nc1cc(OCC2CCCCO2)cc(C(F)(F)F)c1. The minimum atomic E-state index is -4.42. The molecule has 1 aliphatic heterocycles. The molecular weight excluding hydrogens is 259 g/mol. The number of halogens is 3. The van der Waals surface area contributed by atoms with Crippen LogP contribution in [-0.4, -0.2) is 19.3 Å². The molecule has 0 amide bonds. The van der Waals surface area contributed by atoms with Crippen LogP contribution >= 0.6 is 0 Å². The Balaban J connectivity index is 2.01. The first-order valence-electron chi connectivity index (χ1n) is 6.17. The summed E-state index contributed by atoms with van der Waals surface area (Å²) in [4.78, 5) is 0. The smallest absolute Gasteiger partial charge is 0.416 e. The van der Waals surface area contributed by atoms with Crippen molar-refractivity contribution in [2.24, 2.45) is 0 Å². The number of alkyl halides is 3. The Kier molecular flexibility index (Phi) is 4.19. The second kappa shape index (κ2) is 5.69. The van der Waals surface area contributed by atoms with E-state index in [1.807, 2.05) is 0 Å². The fourth-order valence-electron chi connectivity index (χ4n) is 2.00. The molecule has 0 spiro atoms. The van der Waals surface area contributed by atoms with Crippen LogP contribution in [0.25, 0.3) is 0 Å². The number of ether oxygens (including phenoxy) is 2. The fourth-order valence-corrected chi connectivity index (χ4v) is 2.00. The highest BCUT2D eigenvalue weighted by atomic mass is 19.4. The summed E-state index contributed by atoms with van der Waals surface area (Å²) < 4.78 is 48.6. The lowest BCUT2D eigenvalue weighted by Crippen LogP contribution is -2.25. The number of hydrogen-bond acceptors (Lipinski definition) is 3. The molecule has 19 heavy (non-hydrogen) atoms. The van der Waals surface area contributed by atoms with Crippen molar-refractivity contribution in [1.82, 2.24) is 0 Å². The monoisotopic (exact) mass is 275 g/mol. The normalized spacial score (nSPS) is 20.3. The first-order chi connectivity index (χ1) is 8.95. The van der Waals surface area contributed by atoms with Crippen LogP contribution in [0.1, 0.15) is 24.8 Å². The van der Waals surface area contributed by atoms with Crippen molar-refractivity contribution in [3.8, 4) is 5.75 Å². The van der Waals surface area contributed by atoms with Crippen molar-refractivity contribution in [2.45, 2.75) is 31.5 Å². The molecule has 2 rings (SSSR count). The first kappa shape index (κ1) is 14.0. The maximum Gasteiger partial charge on any atom is 0.416 e. The lowest BCUT2D eigenvalue weighted by molar-refractivity contribution is -0.137. The van der Waals surface area contributed by atoms with E-state index in [1.165, 1.54) is 6.07 Å². The van der Waals surface area contributed by atoms with Crippen LogP contribution in [-0.2, 0) is 10.9 Å². The largest absolute Gasteiger partial charge is 0.491 e. The summed E-state index contributed by atoms with van der Waals surface area (Å²) in [6.07, 6.45) is -1.53. The summed E-state index contributed by atoms with van der Waals surface area (Å²) >= 11 is 0. The average molecular weight is 275 g/mol. The summed E-state index contributed by atoms with van der Waals surface area (Å²) in [5, 5.41) is 0. The van der Waals surface area contributed by atoms with Gasteiger partial charge in [0, 0.05) is 18.4 Å². The Morgan fingerprint density at radius 2 is 2.05 bits per heavy atom. The molecule has 1 aromatic rings. The van der Waals surface area contributed by atoms with E-state index in [2.05, 4.69) is 0 Å². The highest BCUT2D eigenvalue weighted by molar-refractivity contribution is 5.48. The molecule has 1 atom stereocenters. The van der Waals surface area contributed by atoms with Crippen molar-refractivity contribution in [3.05, 3.63) is 23.8 Å². The molecule has 0 aromatic heterocycles. The molecule has 1 heterocycles. The lowest BCUT2D eigenvalue weighted by atomic mass is 10.1. The summed E-state index contributed by atoms with van der Waals surface area (Å²) in [5.41, 5.74) is 4.69. The lowest BCUT2D eigenvalue weighted by Gasteiger charge is -2.22. The molecule has 2 N–H and O–H groups in total. The number of nitrogen functional groups attached to an aromatic ring is 1. The Bertz CT molecular complexity index is 428. The van der Waals surface area contributed by atoms with Crippen LogP contribution in [0, 0.1) is 0 Å². The zero-order chi connectivity index (χ0) is 13.9. The third-order valence-electron chi connectivity index (χ3n) is 2.97. The molecule has 1 aromatic carbocycles. The van der Waals surface area contributed by atoms with Crippen molar-refractivity contribution < 1.29 is 22.6 Å². The molecule has 0 saturated carbocycles. The molecule has 1 fully saturated rings. The van der Waals surface area contributed by atoms with Crippen LogP contribution in [0.15, 0.2) is 18.2 Å². The molecule has 0 radical (unpaired) electrons. The van der Waals surface area contributed by atoms with E-state index in [9.17, 15) is 13.2 Å². The van der Waals surface area contributed by atoms with E-state index in [1.54, 1.807) is 0 Å². The summed E-state index contributed by atoms with van der Waals surface area (Å²) in [6, 6.07) is 3.24. The van der Waals surface area contributed by atoms with Gasteiger partial charge >= 0.3 is 6.18 Å². The van der Waals surface area contributed by atoms with E-state index in [-0.39, 0.29) is 24.1 Å². The van der Waals surface area contributed by atoms with Crippen LogP contribution in [0.3, 0.4) is 0 Å². The molecular formula is C13H16F3NO2. The second-order valence-corrected chi connectivity index (χ2v) is 4.59. The number of rotatable bonds is 3. The van der Waals surface area contributed by atoms with E-state index in [0.717, 1.165) is 31.4 Å².